The highest BCUT2D eigenvalue weighted by molar-refractivity contribution is 9.11. The van der Waals surface area contributed by atoms with Gasteiger partial charge in [-0.05, 0) is 57.4 Å². The molecule has 0 bridgehead atoms. The Hall–Kier alpha value is -0.360. The molecule has 0 saturated carbocycles. The second-order valence-corrected chi connectivity index (χ2v) is 6.76. The number of halogens is 3. The first-order valence-electron chi connectivity index (χ1n) is 5.56. The maximum absolute atomic E-state index is 6.31. The second-order valence-electron chi connectivity index (χ2n) is 4.07. The topological polar surface area (TPSA) is 35.2 Å². The molecule has 100 valence electrons. The van der Waals surface area contributed by atoms with Crippen LogP contribution >= 0.6 is 47.8 Å². The van der Waals surface area contributed by atoms with E-state index >= 15 is 0 Å². The van der Waals surface area contributed by atoms with E-state index in [4.69, 9.17) is 10.5 Å². The summed E-state index contributed by atoms with van der Waals surface area (Å²) in [6, 6.07) is 11.7. The van der Waals surface area contributed by atoms with Crippen molar-refractivity contribution in [2.45, 2.75) is 6.04 Å². The number of methoxy groups -OCH3 is 1. The summed E-state index contributed by atoms with van der Waals surface area (Å²) in [5.41, 5.74) is 8.38. The fourth-order valence-corrected chi connectivity index (χ4v) is 3.71. The molecule has 0 heterocycles. The molecule has 0 aliphatic heterocycles. The molecule has 5 heteroatoms. The molecule has 2 nitrogen and oxygen atoms in total. The predicted octanol–water partition coefficient (Wildman–Crippen LogP) is 5.03. The lowest BCUT2D eigenvalue weighted by atomic mass is 10.00. The zero-order valence-electron chi connectivity index (χ0n) is 10.2. The number of hydrogen-bond donors (Lipinski definition) is 1. The first-order chi connectivity index (χ1) is 9.01. The van der Waals surface area contributed by atoms with Crippen LogP contribution in [0.1, 0.15) is 17.2 Å². The van der Waals surface area contributed by atoms with Gasteiger partial charge >= 0.3 is 0 Å². The Morgan fingerprint density at radius 1 is 0.947 bits per heavy atom. The predicted molar refractivity (Wildman–Crippen MR) is 88.6 cm³/mol. The van der Waals surface area contributed by atoms with Crippen LogP contribution in [-0.4, -0.2) is 7.11 Å². The van der Waals surface area contributed by atoms with Crippen LogP contribution in [0.5, 0.6) is 5.75 Å². The van der Waals surface area contributed by atoms with Gasteiger partial charge in [0.05, 0.1) is 17.6 Å². The van der Waals surface area contributed by atoms with Gasteiger partial charge in [-0.1, -0.05) is 37.9 Å². The molecular weight excluding hydrogens is 438 g/mol. The van der Waals surface area contributed by atoms with Crippen molar-refractivity contribution in [3.05, 3.63) is 60.9 Å². The van der Waals surface area contributed by atoms with E-state index in [1.54, 1.807) is 7.11 Å². The largest absolute Gasteiger partial charge is 0.496 e. The molecule has 2 aromatic rings. The monoisotopic (exact) mass is 447 g/mol. The van der Waals surface area contributed by atoms with E-state index in [0.717, 1.165) is 30.3 Å². The molecule has 2 N–H and O–H groups in total. The molecule has 0 aromatic heterocycles. The average molecular weight is 450 g/mol. The van der Waals surface area contributed by atoms with Crippen LogP contribution in [0.25, 0.3) is 0 Å². The quantitative estimate of drug-likeness (QED) is 0.713. The molecule has 0 aliphatic carbocycles. The lowest BCUT2D eigenvalue weighted by molar-refractivity contribution is 0.412. The van der Waals surface area contributed by atoms with Gasteiger partial charge in [-0.15, -0.1) is 0 Å². The summed E-state index contributed by atoms with van der Waals surface area (Å²) in [4.78, 5) is 0. The van der Waals surface area contributed by atoms with Gasteiger partial charge in [-0.25, -0.2) is 0 Å². The van der Waals surface area contributed by atoms with Gasteiger partial charge in [0.15, 0.2) is 0 Å². The summed E-state index contributed by atoms with van der Waals surface area (Å²) in [6.07, 6.45) is 0. The van der Waals surface area contributed by atoms with Crippen molar-refractivity contribution in [2.75, 3.05) is 7.11 Å². The zero-order chi connectivity index (χ0) is 14.0. The fraction of sp³-hybridized carbons (Fsp3) is 0.143. The molecule has 1 unspecified atom stereocenters. The van der Waals surface area contributed by atoms with Crippen LogP contribution in [0, 0.1) is 0 Å². The van der Waals surface area contributed by atoms with Crippen LogP contribution in [0.15, 0.2) is 49.8 Å². The third-order valence-electron chi connectivity index (χ3n) is 2.78. The third-order valence-corrected chi connectivity index (χ3v) is 4.31. The van der Waals surface area contributed by atoms with Crippen LogP contribution in [0.3, 0.4) is 0 Å². The summed E-state index contributed by atoms with van der Waals surface area (Å²) in [6.45, 7) is 0. The third kappa shape index (κ3) is 3.60. The van der Waals surface area contributed by atoms with Gasteiger partial charge in [0.25, 0.3) is 0 Å². The summed E-state index contributed by atoms with van der Waals surface area (Å²) in [5, 5.41) is 0. The fourth-order valence-electron chi connectivity index (χ4n) is 1.82. The molecule has 2 rings (SSSR count). The van der Waals surface area contributed by atoms with Crippen molar-refractivity contribution in [3.8, 4) is 5.75 Å². The Bertz CT molecular complexity index is 581. The van der Waals surface area contributed by atoms with Gasteiger partial charge in [0, 0.05) is 8.95 Å². The molecule has 2 aromatic carbocycles. The number of ether oxygens (including phenoxy) is 1. The highest BCUT2D eigenvalue weighted by Crippen LogP contribution is 2.31. The Kier molecular flexibility index (Phi) is 5.06. The van der Waals surface area contributed by atoms with E-state index in [1.807, 2.05) is 36.4 Å². The SMILES string of the molecule is COc1ccc(C(N)c2cc(Br)cc(Br)c2)cc1Br. The van der Waals surface area contributed by atoms with Crippen LogP contribution in [0.4, 0.5) is 0 Å². The van der Waals surface area contributed by atoms with Crippen molar-refractivity contribution in [1.82, 2.24) is 0 Å². The van der Waals surface area contributed by atoms with Gasteiger partial charge < -0.3 is 10.5 Å². The van der Waals surface area contributed by atoms with E-state index in [-0.39, 0.29) is 6.04 Å². The van der Waals surface area contributed by atoms with E-state index < -0.39 is 0 Å². The highest BCUT2D eigenvalue weighted by atomic mass is 79.9. The van der Waals surface area contributed by atoms with Gasteiger partial charge in [-0.2, -0.15) is 0 Å². The minimum Gasteiger partial charge on any atom is -0.496 e. The minimum atomic E-state index is -0.184. The molecular formula is C14H12Br3NO. The Balaban J connectivity index is 2.38. The first kappa shape index (κ1) is 15.0. The molecule has 0 spiro atoms. The zero-order valence-corrected chi connectivity index (χ0v) is 14.9. The number of nitrogens with two attached hydrogens (primary N) is 1. The van der Waals surface area contributed by atoms with E-state index in [9.17, 15) is 0 Å². The van der Waals surface area contributed by atoms with Crippen molar-refractivity contribution in [1.29, 1.82) is 0 Å². The van der Waals surface area contributed by atoms with E-state index in [1.165, 1.54) is 0 Å². The maximum Gasteiger partial charge on any atom is 0.133 e. The first-order valence-corrected chi connectivity index (χ1v) is 7.94. The van der Waals surface area contributed by atoms with Crippen LogP contribution in [-0.2, 0) is 0 Å². The van der Waals surface area contributed by atoms with Crippen molar-refractivity contribution < 1.29 is 4.74 Å². The van der Waals surface area contributed by atoms with Gasteiger partial charge in [0.1, 0.15) is 5.75 Å². The molecule has 1 atom stereocenters. The van der Waals surface area contributed by atoms with Crippen molar-refractivity contribution >= 4 is 47.8 Å². The smallest absolute Gasteiger partial charge is 0.133 e. The molecule has 19 heavy (non-hydrogen) atoms. The van der Waals surface area contributed by atoms with Crippen molar-refractivity contribution in [3.63, 3.8) is 0 Å². The molecule has 0 amide bonds. The normalized spacial score (nSPS) is 12.3. The minimum absolute atomic E-state index is 0.184. The van der Waals surface area contributed by atoms with Crippen LogP contribution < -0.4 is 10.5 Å². The summed E-state index contributed by atoms with van der Waals surface area (Å²) >= 11 is 10.4. The summed E-state index contributed by atoms with van der Waals surface area (Å²) < 4.78 is 8.12. The van der Waals surface area contributed by atoms with Crippen molar-refractivity contribution in [2.24, 2.45) is 5.73 Å². The second kappa shape index (κ2) is 6.39. The average Bonchev–Trinajstić information content (AvgIpc) is 2.36. The lowest BCUT2D eigenvalue weighted by Crippen LogP contribution is -2.12. The van der Waals surface area contributed by atoms with E-state index in [2.05, 4.69) is 47.8 Å². The number of hydrogen-bond acceptors (Lipinski definition) is 2. The molecule has 0 aliphatic rings. The Morgan fingerprint density at radius 3 is 2.11 bits per heavy atom. The lowest BCUT2D eigenvalue weighted by Gasteiger charge is -2.15. The standard InChI is InChI=1S/C14H12Br3NO/c1-19-13-3-2-8(6-12(13)17)14(18)9-4-10(15)7-11(16)5-9/h2-7,14H,18H2,1H3. The Morgan fingerprint density at radius 2 is 1.58 bits per heavy atom. The van der Waals surface area contributed by atoms with E-state index in [0.29, 0.717) is 0 Å². The summed E-state index contributed by atoms with van der Waals surface area (Å²) in [5.74, 6) is 0.798. The molecule has 0 saturated heterocycles. The number of benzene rings is 2. The summed E-state index contributed by atoms with van der Waals surface area (Å²) in [7, 11) is 1.64. The maximum atomic E-state index is 6.31. The molecule has 0 radical (unpaired) electrons. The van der Waals surface area contributed by atoms with Gasteiger partial charge in [-0.3, -0.25) is 0 Å². The Labute approximate surface area is 137 Å². The molecule has 0 fully saturated rings. The van der Waals surface area contributed by atoms with Gasteiger partial charge in [0.2, 0.25) is 0 Å². The number of rotatable bonds is 3. The van der Waals surface area contributed by atoms with Crippen LogP contribution in [0.2, 0.25) is 0 Å². The highest BCUT2D eigenvalue weighted by Gasteiger charge is 2.12.